The predicted octanol–water partition coefficient (Wildman–Crippen LogP) is 2.35. The van der Waals surface area contributed by atoms with Gasteiger partial charge in [-0.1, -0.05) is 13.8 Å². The first-order valence-electron chi connectivity index (χ1n) is 3.12. The van der Waals surface area contributed by atoms with E-state index in [-0.39, 0.29) is 0 Å². The first kappa shape index (κ1) is 7.22. The van der Waals surface area contributed by atoms with Gasteiger partial charge in [0.15, 0.2) is 0 Å². The minimum Gasteiger partial charge on any atom is -0.0596 e. The van der Waals surface area contributed by atoms with Crippen LogP contribution in [0.25, 0.3) is 0 Å². The maximum atomic E-state index is 2.25. The van der Waals surface area contributed by atoms with Gasteiger partial charge in [0, 0.05) is 12.8 Å². The summed E-state index contributed by atoms with van der Waals surface area (Å²) in [5.74, 6) is 0. The molecule has 0 saturated carbocycles. The van der Waals surface area contributed by atoms with Gasteiger partial charge in [-0.25, -0.2) is 0 Å². The third-order valence-electron chi connectivity index (χ3n) is 0.854. The highest BCUT2D eigenvalue weighted by Gasteiger charge is 2.27. The smallest absolute Gasteiger partial charge is 0.0596 e. The summed E-state index contributed by atoms with van der Waals surface area (Å²) in [6, 6.07) is 2.90. The Hall–Kier alpha value is 0.217. The van der Waals surface area contributed by atoms with Crippen molar-refractivity contribution in [2.75, 3.05) is 0 Å². The summed E-state index contributed by atoms with van der Waals surface area (Å²) in [4.78, 5) is 0. The SMILES string of the molecule is CCC[Si+2]CCC. The van der Waals surface area contributed by atoms with E-state index in [4.69, 9.17) is 0 Å². The Morgan fingerprint density at radius 3 is 1.71 bits per heavy atom. The molecule has 0 aromatic rings. The molecule has 0 bridgehead atoms. The van der Waals surface area contributed by atoms with Crippen molar-refractivity contribution in [3.8, 4) is 0 Å². The van der Waals surface area contributed by atoms with Crippen molar-refractivity contribution in [2.24, 2.45) is 0 Å². The lowest BCUT2D eigenvalue weighted by molar-refractivity contribution is 1.02. The van der Waals surface area contributed by atoms with Crippen molar-refractivity contribution in [1.29, 1.82) is 0 Å². The van der Waals surface area contributed by atoms with Crippen LogP contribution in [0.15, 0.2) is 0 Å². The standard InChI is InChI=1S/C6H14Si/c1-3-5-7-6-4-2/h3-6H2,1-2H3/q+2. The van der Waals surface area contributed by atoms with Crippen molar-refractivity contribution in [2.45, 2.75) is 38.8 Å². The number of rotatable bonds is 4. The van der Waals surface area contributed by atoms with Crippen molar-refractivity contribution in [3.63, 3.8) is 0 Å². The van der Waals surface area contributed by atoms with Crippen LogP contribution < -0.4 is 0 Å². The molecule has 0 nitrogen and oxygen atoms in total. The maximum absolute atomic E-state index is 2.25. The van der Waals surface area contributed by atoms with Gasteiger partial charge in [-0.05, 0) is 0 Å². The van der Waals surface area contributed by atoms with Gasteiger partial charge in [0.1, 0.15) is 0 Å². The summed E-state index contributed by atoms with van der Waals surface area (Å²) < 4.78 is 0. The third kappa shape index (κ3) is 6.22. The van der Waals surface area contributed by atoms with E-state index >= 15 is 0 Å². The van der Waals surface area contributed by atoms with Crippen molar-refractivity contribution >= 4 is 9.52 Å². The summed E-state index contributed by atoms with van der Waals surface area (Å²) in [5.41, 5.74) is 0. The summed E-state index contributed by atoms with van der Waals surface area (Å²) >= 11 is 0. The molecule has 0 unspecified atom stereocenters. The second-order valence-electron chi connectivity index (χ2n) is 1.75. The van der Waals surface area contributed by atoms with E-state index in [9.17, 15) is 0 Å². The van der Waals surface area contributed by atoms with Crippen LogP contribution in [0.1, 0.15) is 26.7 Å². The summed E-state index contributed by atoms with van der Waals surface area (Å²) in [6.07, 6.45) is 2.75. The molecule has 0 aliphatic carbocycles. The van der Waals surface area contributed by atoms with E-state index < -0.39 is 0 Å². The van der Waals surface area contributed by atoms with Crippen LogP contribution in [0, 0.1) is 0 Å². The Bertz CT molecular complexity index is 23.4. The Labute approximate surface area is 49.1 Å². The van der Waals surface area contributed by atoms with Gasteiger partial charge in [-0.2, -0.15) is 0 Å². The number of hydrogen-bond donors (Lipinski definition) is 0. The molecule has 7 heavy (non-hydrogen) atoms. The second kappa shape index (κ2) is 6.22. The van der Waals surface area contributed by atoms with Gasteiger partial charge in [0.25, 0.3) is 0 Å². The van der Waals surface area contributed by atoms with Gasteiger partial charge in [-0.3, -0.25) is 0 Å². The molecule has 0 atom stereocenters. The minimum atomic E-state index is 1.23. The predicted molar refractivity (Wildman–Crippen MR) is 35.9 cm³/mol. The van der Waals surface area contributed by atoms with Crippen LogP contribution in [0.5, 0.6) is 0 Å². The Balaban J connectivity index is 2.45. The van der Waals surface area contributed by atoms with Crippen LogP contribution in [0.2, 0.25) is 12.1 Å². The average molecular weight is 114 g/mol. The monoisotopic (exact) mass is 114 g/mol. The molecule has 0 aromatic carbocycles. The Kier molecular flexibility index (Phi) is 6.41. The summed E-state index contributed by atoms with van der Waals surface area (Å²) in [6.45, 7) is 4.51. The van der Waals surface area contributed by atoms with E-state index in [1.807, 2.05) is 0 Å². The largest absolute Gasteiger partial charge is 0.903 e. The van der Waals surface area contributed by atoms with E-state index in [0.717, 1.165) is 0 Å². The highest BCUT2D eigenvalue weighted by atomic mass is 28.2. The Morgan fingerprint density at radius 2 is 1.43 bits per heavy atom. The quantitative estimate of drug-likeness (QED) is 0.389. The van der Waals surface area contributed by atoms with E-state index in [1.165, 1.54) is 34.4 Å². The van der Waals surface area contributed by atoms with Crippen LogP contribution in [-0.2, 0) is 0 Å². The topological polar surface area (TPSA) is 0 Å². The van der Waals surface area contributed by atoms with Gasteiger partial charge < -0.3 is 0 Å². The molecule has 0 rings (SSSR count). The molecule has 0 amide bonds. The van der Waals surface area contributed by atoms with Crippen LogP contribution in [-0.4, -0.2) is 9.52 Å². The molecule has 0 heterocycles. The van der Waals surface area contributed by atoms with E-state index in [0.29, 0.717) is 0 Å². The summed E-state index contributed by atoms with van der Waals surface area (Å²) in [7, 11) is 1.23. The second-order valence-corrected chi connectivity index (χ2v) is 3.25. The lowest BCUT2D eigenvalue weighted by atomic mass is 10.6. The fourth-order valence-electron chi connectivity index (χ4n) is 0.479. The normalized spacial score (nSPS) is 8.29. The molecule has 0 saturated heterocycles. The molecule has 0 aromatic heterocycles. The molecular formula is C6H14Si+2. The van der Waals surface area contributed by atoms with Crippen LogP contribution >= 0.6 is 0 Å². The molecule has 0 fully saturated rings. The minimum absolute atomic E-state index is 1.23. The zero-order valence-electron chi connectivity index (χ0n) is 5.33. The molecule has 0 N–H and O–H groups in total. The van der Waals surface area contributed by atoms with E-state index in [1.54, 1.807) is 0 Å². The Morgan fingerprint density at radius 1 is 1.00 bits per heavy atom. The molecule has 0 spiro atoms. The maximum Gasteiger partial charge on any atom is 0.903 e. The zero-order chi connectivity index (χ0) is 5.54. The molecule has 0 aliphatic heterocycles. The molecule has 1 heteroatoms. The first-order valence-corrected chi connectivity index (χ1v) is 4.54. The highest BCUT2D eigenvalue weighted by molar-refractivity contribution is 6.35. The molecule has 0 aliphatic rings. The van der Waals surface area contributed by atoms with Crippen molar-refractivity contribution in [3.05, 3.63) is 0 Å². The van der Waals surface area contributed by atoms with E-state index in [2.05, 4.69) is 13.8 Å². The fourth-order valence-corrected chi connectivity index (χ4v) is 1.44. The van der Waals surface area contributed by atoms with Crippen molar-refractivity contribution in [1.82, 2.24) is 0 Å². The van der Waals surface area contributed by atoms with Crippen LogP contribution in [0.3, 0.4) is 0 Å². The lowest BCUT2D eigenvalue weighted by Gasteiger charge is -1.60. The van der Waals surface area contributed by atoms with Crippen LogP contribution in [0.4, 0.5) is 0 Å². The van der Waals surface area contributed by atoms with Gasteiger partial charge in [0.2, 0.25) is 12.1 Å². The molecule has 0 radical (unpaired) electrons. The third-order valence-corrected chi connectivity index (χ3v) is 2.56. The van der Waals surface area contributed by atoms with Crippen molar-refractivity contribution < 1.29 is 0 Å². The van der Waals surface area contributed by atoms with Gasteiger partial charge in [-0.15, -0.1) is 0 Å². The molecular weight excluding hydrogens is 100 g/mol. The summed E-state index contributed by atoms with van der Waals surface area (Å²) in [5, 5.41) is 0. The molecule has 40 valence electrons. The highest BCUT2D eigenvalue weighted by Crippen LogP contribution is 1.92. The zero-order valence-corrected chi connectivity index (χ0v) is 6.33. The average Bonchev–Trinajstić information content (AvgIpc) is 1.69. The van der Waals surface area contributed by atoms with Gasteiger partial charge in [0.05, 0.1) is 0 Å². The number of hydrogen-bond acceptors (Lipinski definition) is 0. The first-order chi connectivity index (χ1) is 3.41. The lowest BCUT2D eigenvalue weighted by Crippen LogP contribution is -1.84. The van der Waals surface area contributed by atoms with Gasteiger partial charge >= 0.3 is 9.52 Å². The fraction of sp³-hybridized carbons (Fsp3) is 1.00.